The number of aryl methyl sites for hydroxylation is 1. The zero-order chi connectivity index (χ0) is 23.1. The molecule has 32 heavy (non-hydrogen) atoms. The van der Waals surface area contributed by atoms with Crippen molar-refractivity contribution >= 4 is 29.2 Å². The van der Waals surface area contributed by atoms with Gasteiger partial charge in [-0.3, -0.25) is 14.4 Å². The molecule has 0 saturated carbocycles. The van der Waals surface area contributed by atoms with Gasteiger partial charge >= 0.3 is 5.97 Å². The zero-order valence-corrected chi connectivity index (χ0v) is 17.8. The van der Waals surface area contributed by atoms with Crippen LogP contribution in [-0.2, 0) is 16.1 Å². The molecule has 2 amide bonds. The molecule has 1 aromatic heterocycles. The summed E-state index contributed by atoms with van der Waals surface area (Å²) in [5, 5.41) is 5.45. The second kappa shape index (κ2) is 10.2. The van der Waals surface area contributed by atoms with E-state index in [2.05, 4.69) is 10.6 Å². The topological polar surface area (TPSA) is 106 Å². The maximum atomic E-state index is 12.5. The van der Waals surface area contributed by atoms with Crippen LogP contribution in [0.5, 0.6) is 0 Å². The highest BCUT2D eigenvalue weighted by Crippen LogP contribution is 2.14. The van der Waals surface area contributed by atoms with Crippen molar-refractivity contribution in [2.75, 3.05) is 17.2 Å². The Morgan fingerprint density at radius 2 is 1.44 bits per heavy atom. The molecule has 0 aliphatic rings. The molecule has 2 N–H and O–H groups in total. The first-order valence-corrected chi connectivity index (χ1v) is 10.0. The lowest BCUT2D eigenvalue weighted by Crippen LogP contribution is -2.26. The first-order valence-electron chi connectivity index (χ1n) is 10.0. The number of aromatic nitrogens is 1. The molecule has 0 radical (unpaired) electrons. The van der Waals surface area contributed by atoms with E-state index in [1.54, 1.807) is 67.7 Å². The lowest BCUT2D eigenvalue weighted by Gasteiger charge is -2.09. The second-order valence-corrected chi connectivity index (χ2v) is 7.05. The minimum atomic E-state index is -0.421. The quantitative estimate of drug-likeness (QED) is 0.557. The third-order valence-electron chi connectivity index (χ3n) is 4.53. The molecule has 3 aromatic rings. The predicted octanol–water partition coefficient (Wildman–Crippen LogP) is 3.22. The van der Waals surface area contributed by atoms with Crippen LogP contribution < -0.4 is 16.2 Å². The fourth-order valence-electron chi connectivity index (χ4n) is 2.94. The highest BCUT2D eigenvalue weighted by Gasteiger charge is 2.10. The van der Waals surface area contributed by atoms with Crippen molar-refractivity contribution in [1.82, 2.24) is 4.57 Å². The molecule has 0 fully saturated rings. The molecule has 2 aromatic carbocycles. The Morgan fingerprint density at radius 3 is 2.06 bits per heavy atom. The van der Waals surface area contributed by atoms with Gasteiger partial charge in [-0.25, -0.2) is 4.79 Å². The molecule has 0 bridgehead atoms. The monoisotopic (exact) mass is 433 g/mol. The van der Waals surface area contributed by atoms with Gasteiger partial charge in [0.2, 0.25) is 5.91 Å². The van der Waals surface area contributed by atoms with Crippen LogP contribution >= 0.6 is 0 Å². The molecule has 0 unspecified atom stereocenters. The average molecular weight is 433 g/mol. The van der Waals surface area contributed by atoms with E-state index in [1.165, 1.54) is 10.6 Å². The molecule has 0 saturated heterocycles. The number of hydrogen-bond donors (Lipinski definition) is 2. The largest absolute Gasteiger partial charge is 0.462 e. The normalized spacial score (nSPS) is 10.3. The van der Waals surface area contributed by atoms with Crippen molar-refractivity contribution in [2.24, 2.45) is 0 Å². The number of carbonyl (C=O) groups excluding carboxylic acids is 3. The van der Waals surface area contributed by atoms with E-state index < -0.39 is 5.97 Å². The molecule has 8 heteroatoms. The van der Waals surface area contributed by atoms with Gasteiger partial charge in [-0.1, -0.05) is 6.07 Å². The van der Waals surface area contributed by atoms with Crippen molar-refractivity contribution in [2.45, 2.75) is 20.4 Å². The lowest BCUT2D eigenvalue weighted by atomic mass is 10.1. The molecule has 0 atom stereocenters. The molecule has 8 nitrogen and oxygen atoms in total. The van der Waals surface area contributed by atoms with Crippen LogP contribution in [0.25, 0.3) is 0 Å². The van der Waals surface area contributed by atoms with Gasteiger partial charge < -0.3 is 19.9 Å². The Labute approximate surface area is 184 Å². The molecule has 0 aliphatic heterocycles. The summed E-state index contributed by atoms with van der Waals surface area (Å²) in [5.41, 5.74) is 2.46. The molecule has 1 heterocycles. The second-order valence-electron chi connectivity index (χ2n) is 7.05. The number of anilines is 2. The third kappa shape index (κ3) is 5.91. The molecule has 3 rings (SSSR count). The summed E-state index contributed by atoms with van der Waals surface area (Å²) in [5.74, 6) is -1.11. The number of nitrogens with zero attached hydrogens (tertiary/aromatic N) is 1. The summed E-state index contributed by atoms with van der Waals surface area (Å²) in [6, 6.07) is 15.9. The summed E-state index contributed by atoms with van der Waals surface area (Å²) in [4.78, 5) is 48.2. The van der Waals surface area contributed by atoms with E-state index in [4.69, 9.17) is 4.74 Å². The van der Waals surface area contributed by atoms with Crippen LogP contribution in [0, 0.1) is 6.92 Å². The van der Waals surface area contributed by atoms with Gasteiger partial charge in [0.25, 0.3) is 11.5 Å². The van der Waals surface area contributed by atoms with E-state index in [1.807, 2.05) is 6.92 Å². The van der Waals surface area contributed by atoms with Crippen molar-refractivity contribution in [3.63, 3.8) is 0 Å². The maximum absolute atomic E-state index is 12.5. The van der Waals surface area contributed by atoms with Crippen LogP contribution in [0.1, 0.15) is 33.2 Å². The number of amides is 2. The van der Waals surface area contributed by atoms with E-state index in [-0.39, 0.29) is 30.5 Å². The SMILES string of the molecule is CCOC(=O)c1ccc(NC(=O)c2ccc(NC(=O)Cn3cc(C)ccc3=O)cc2)cc1. The Hall–Kier alpha value is -4.20. The minimum Gasteiger partial charge on any atom is -0.462 e. The van der Waals surface area contributed by atoms with Gasteiger partial charge in [-0.15, -0.1) is 0 Å². The summed E-state index contributed by atoms with van der Waals surface area (Å²) >= 11 is 0. The van der Waals surface area contributed by atoms with Crippen molar-refractivity contribution in [1.29, 1.82) is 0 Å². The standard InChI is InChI=1S/C24H23N3O5/c1-3-32-24(31)18-7-11-20(12-8-18)26-23(30)17-5-9-19(10-6-17)25-21(28)15-27-14-16(2)4-13-22(27)29/h4-14H,3,15H2,1-2H3,(H,25,28)(H,26,30). The van der Waals surface area contributed by atoms with Crippen molar-refractivity contribution < 1.29 is 19.1 Å². The molecule has 164 valence electrons. The van der Waals surface area contributed by atoms with Crippen LogP contribution in [0.4, 0.5) is 11.4 Å². The van der Waals surface area contributed by atoms with E-state index in [0.29, 0.717) is 22.5 Å². The number of nitrogens with one attached hydrogen (secondary N) is 2. The summed E-state index contributed by atoms with van der Waals surface area (Å²) in [6.45, 7) is 3.75. The Balaban J connectivity index is 1.58. The van der Waals surface area contributed by atoms with Crippen molar-refractivity contribution in [3.05, 3.63) is 93.9 Å². The molecule has 0 spiro atoms. The van der Waals surface area contributed by atoms with Crippen LogP contribution in [-0.4, -0.2) is 29.0 Å². The number of esters is 1. The average Bonchev–Trinajstić information content (AvgIpc) is 2.77. The van der Waals surface area contributed by atoms with E-state index in [9.17, 15) is 19.2 Å². The Bertz CT molecular complexity index is 1180. The van der Waals surface area contributed by atoms with Gasteiger partial charge in [0, 0.05) is 29.2 Å². The Morgan fingerprint density at radius 1 is 0.844 bits per heavy atom. The van der Waals surface area contributed by atoms with E-state index >= 15 is 0 Å². The molecular weight excluding hydrogens is 410 g/mol. The minimum absolute atomic E-state index is 0.107. The lowest BCUT2D eigenvalue weighted by molar-refractivity contribution is -0.116. The fourth-order valence-corrected chi connectivity index (χ4v) is 2.94. The summed E-state index contributed by atoms with van der Waals surface area (Å²) in [7, 11) is 0. The summed E-state index contributed by atoms with van der Waals surface area (Å²) < 4.78 is 6.26. The molecule has 0 aliphatic carbocycles. The number of rotatable bonds is 7. The molecular formula is C24H23N3O5. The summed E-state index contributed by atoms with van der Waals surface area (Å²) in [6.07, 6.45) is 1.62. The van der Waals surface area contributed by atoms with Crippen LogP contribution in [0.3, 0.4) is 0 Å². The van der Waals surface area contributed by atoms with Crippen LogP contribution in [0.15, 0.2) is 71.7 Å². The smallest absolute Gasteiger partial charge is 0.338 e. The predicted molar refractivity (Wildman–Crippen MR) is 121 cm³/mol. The number of hydrogen-bond acceptors (Lipinski definition) is 5. The highest BCUT2D eigenvalue weighted by molar-refractivity contribution is 6.05. The van der Waals surface area contributed by atoms with Gasteiger partial charge in [0.15, 0.2) is 0 Å². The first-order chi connectivity index (χ1) is 15.4. The third-order valence-corrected chi connectivity index (χ3v) is 4.53. The fraction of sp³-hybridized carbons (Fsp3) is 0.167. The number of carbonyl (C=O) groups is 3. The van der Waals surface area contributed by atoms with E-state index in [0.717, 1.165) is 5.56 Å². The van der Waals surface area contributed by atoms with Crippen LogP contribution in [0.2, 0.25) is 0 Å². The van der Waals surface area contributed by atoms with Crippen molar-refractivity contribution in [3.8, 4) is 0 Å². The Kier molecular flexibility index (Phi) is 7.17. The van der Waals surface area contributed by atoms with Gasteiger partial charge in [0.05, 0.1) is 12.2 Å². The van der Waals surface area contributed by atoms with Gasteiger partial charge in [-0.05, 0) is 67.9 Å². The van der Waals surface area contributed by atoms with Gasteiger partial charge in [-0.2, -0.15) is 0 Å². The number of benzene rings is 2. The maximum Gasteiger partial charge on any atom is 0.338 e. The van der Waals surface area contributed by atoms with Gasteiger partial charge in [0.1, 0.15) is 6.54 Å². The zero-order valence-electron chi connectivity index (χ0n) is 17.8. The highest BCUT2D eigenvalue weighted by atomic mass is 16.5. The first kappa shape index (κ1) is 22.5. The number of pyridine rings is 1. The number of ether oxygens (including phenoxy) is 1.